The lowest BCUT2D eigenvalue weighted by atomic mass is 10.2. The third kappa shape index (κ3) is 3.10. The molecule has 112 valence electrons. The lowest BCUT2D eigenvalue weighted by Gasteiger charge is -2.11. The zero-order chi connectivity index (χ0) is 15.8. The summed E-state index contributed by atoms with van der Waals surface area (Å²) in [4.78, 5) is -0.345. The summed E-state index contributed by atoms with van der Waals surface area (Å²) in [6.07, 6.45) is 0. The summed E-state index contributed by atoms with van der Waals surface area (Å²) in [7, 11) is -4.22. The Bertz CT molecular complexity index is 784. The molecule has 0 saturated carbocycles. The summed E-state index contributed by atoms with van der Waals surface area (Å²) < 4.78 is 66.0. The molecule has 0 amide bonds. The van der Waals surface area contributed by atoms with Gasteiger partial charge in [0.25, 0.3) is 10.0 Å². The van der Waals surface area contributed by atoms with E-state index in [1.807, 2.05) is 4.72 Å². The fraction of sp³-hybridized carbons (Fsp3) is 0.0769. The Morgan fingerprint density at radius 2 is 1.76 bits per heavy atom. The van der Waals surface area contributed by atoms with Gasteiger partial charge in [0.2, 0.25) is 0 Å². The van der Waals surface area contributed by atoms with E-state index < -0.39 is 33.2 Å². The third-order valence-electron chi connectivity index (χ3n) is 2.74. The van der Waals surface area contributed by atoms with Gasteiger partial charge < -0.3 is 5.73 Å². The number of aryl methyl sites for hydroxylation is 1. The maximum Gasteiger partial charge on any atom is 0.262 e. The lowest BCUT2D eigenvalue weighted by molar-refractivity contribution is 0.593. The van der Waals surface area contributed by atoms with Gasteiger partial charge in [-0.15, -0.1) is 0 Å². The molecule has 0 aromatic heterocycles. The highest BCUT2D eigenvalue weighted by Gasteiger charge is 2.19. The van der Waals surface area contributed by atoms with Crippen molar-refractivity contribution < 1.29 is 21.6 Å². The first-order valence-corrected chi connectivity index (χ1v) is 7.22. The minimum Gasteiger partial charge on any atom is -0.396 e. The van der Waals surface area contributed by atoms with Crippen molar-refractivity contribution in [3.8, 4) is 0 Å². The predicted octanol–water partition coefficient (Wildman–Crippen LogP) is 2.80. The van der Waals surface area contributed by atoms with Crippen LogP contribution in [0.2, 0.25) is 0 Å². The van der Waals surface area contributed by atoms with E-state index in [2.05, 4.69) is 0 Å². The fourth-order valence-electron chi connectivity index (χ4n) is 1.70. The van der Waals surface area contributed by atoms with Gasteiger partial charge in [-0.05, 0) is 36.8 Å². The first kappa shape index (κ1) is 15.2. The van der Waals surface area contributed by atoms with E-state index >= 15 is 0 Å². The highest BCUT2D eigenvalue weighted by atomic mass is 32.2. The predicted molar refractivity (Wildman–Crippen MR) is 72.7 cm³/mol. The molecule has 0 saturated heterocycles. The van der Waals surface area contributed by atoms with Crippen LogP contribution in [0.1, 0.15) is 5.56 Å². The van der Waals surface area contributed by atoms with Crippen LogP contribution in [0.5, 0.6) is 0 Å². The summed E-state index contributed by atoms with van der Waals surface area (Å²) in [5.41, 5.74) is 4.49. The van der Waals surface area contributed by atoms with Gasteiger partial charge in [-0.2, -0.15) is 0 Å². The maximum absolute atomic E-state index is 13.5. The highest BCUT2D eigenvalue weighted by Crippen LogP contribution is 2.24. The first-order valence-electron chi connectivity index (χ1n) is 5.74. The monoisotopic (exact) mass is 316 g/mol. The molecule has 0 radical (unpaired) electrons. The molecule has 0 bridgehead atoms. The van der Waals surface area contributed by atoms with Gasteiger partial charge in [-0.3, -0.25) is 4.72 Å². The average Bonchev–Trinajstić information content (AvgIpc) is 2.39. The van der Waals surface area contributed by atoms with E-state index in [-0.39, 0.29) is 16.1 Å². The van der Waals surface area contributed by atoms with Crippen LogP contribution >= 0.6 is 0 Å². The first-order chi connectivity index (χ1) is 9.70. The molecule has 0 atom stereocenters. The summed E-state index contributed by atoms with van der Waals surface area (Å²) in [6, 6.07) is 4.30. The van der Waals surface area contributed by atoms with Gasteiger partial charge in [0.05, 0.1) is 16.3 Å². The number of hydrogen-bond acceptors (Lipinski definition) is 3. The van der Waals surface area contributed by atoms with Crippen molar-refractivity contribution in [2.45, 2.75) is 11.8 Å². The minimum atomic E-state index is -4.22. The second-order valence-corrected chi connectivity index (χ2v) is 6.06. The van der Waals surface area contributed by atoms with E-state index in [1.54, 1.807) is 0 Å². The average molecular weight is 316 g/mol. The molecule has 0 aliphatic carbocycles. The second-order valence-electron chi connectivity index (χ2n) is 4.37. The summed E-state index contributed by atoms with van der Waals surface area (Å²) in [5.74, 6) is -2.47. The number of nitrogens with one attached hydrogen (secondary N) is 1. The number of halogens is 3. The zero-order valence-corrected chi connectivity index (χ0v) is 11.6. The molecule has 0 heterocycles. The van der Waals surface area contributed by atoms with Crippen molar-refractivity contribution in [2.75, 3.05) is 10.5 Å². The standard InChI is InChI=1S/C13H11F3N2O2S/c1-7-4-9(6-11(17)13(7)16)21(19,20)18-12-5-8(14)2-3-10(12)15/h2-6,18H,17H2,1H3. The minimum absolute atomic E-state index is 0.0232. The van der Waals surface area contributed by atoms with Gasteiger partial charge in [0, 0.05) is 6.07 Å². The van der Waals surface area contributed by atoms with Crippen molar-refractivity contribution in [1.29, 1.82) is 0 Å². The molecule has 2 aromatic carbocycles. The number of nitrogen functional groups attached to an aromatic ring is 1. The molecule has 21 heavy (non-hydrogen) atoms. The van der Waals surface area contributed by atoms with Crippen molar-refractivity contribution in [3.05, 3.63) is 53.3 Å². The molecule has 4 nitrogen and oxygen atoms in total. The molecule has 0 fully saturated rings. The molecule has 0 aliphatic heterocycles. The number of rotatable bonds is 3. The molecular weight excluding hydrogens is 305 g/mol. The molecular formula is C13H11F3N2O2S. The molecule has 8 heteroatoms. The second kappa shape index (κ2) is 5.28. The van der Waals surface area contributed by atoms with E-state index in [0.717, 1.165) is 24.3 Å². The van der Waals surface area contributed by atoms with Crippen LogP contribution in [0, 0.1) is 24.4 Å². The quantitative estimate of drug-likeness (QED) is 0.855. The van der Waals surface area contributed by atoms with Crippen molar-refractivity contribution in [1.82, 2.24) is 0 Å². The summed E-state index contributed by atoms with van der Waals surface area (Å²) in [5, 5.41) is 0. The normalized spacial score (nSPS) is 11.4. The van der Waals surface area contributed by atoms with Crippen LogP contribution in [0.4, 0.5) is 24.5 Å². The largest absolute Gasteiger partial charge is 0.396 e. The number of nitrogens with two attached hydrogens (primary N) is 1. The highest BCUT2D eigenvalue weighted by molar-refractivity contribution is 7.92. The molecule has 0 unspecified atom stereocenters. The molecule has 0 spiro atoms. The number of benzene rings is 2. The Balaban J connectivity index is 2.46. The van der Waals surface area contributed by atoms with Crippen LogP contribution < -0.4 is 10.5 Å². The van der Waals surface area contributed by atoms with Crippen molar-refractivity contribution in [3.63, 3.8) is 0 Å². The summed E-state index contributed by atoms with van der Waals surface area (Å²) >= 11 is 0. The van der Waals surface area contributed by atoms with Gasteiger partial charge in [0.15, 0.2) is 0 Å². The van der Waals surface area contributed by atoms with Gasteiger partial charge in [-0.25, -0.2) is 21.6 Å². The van der Waals surface area contributed by atoms with Gasteiger partial charge in [-0.1, -0.05) is 0 Å². The fourth-order valence-corrected chi connectivity index (χ4v) is 2.88. The van der Waals surface area contributed by atoms with Crippen LogP contribution in [0.25, 0.3) is 0 Å². The van der Waals surface area contributed by atoms with E-state index in [4.69, 9.17) is 5.73 Å². The van der Waals surface area contributed by atoms with Crippen molar-refractivity contribution >= 4 is 21.4 Å². The van der Waals surface area contributed by atoms with Gasteiger partial charge >= 0.3 is 0 Å². The van der Waals surface area contributed by atoms with Crippen LogP contribution in [-0.2, 0) is 10.0 Å². The Kier molecular flexibility index (Phi) is 3.82. The van der Waals surface area contributed by atoms with E-state index in [9.17, 15) is 21.6 Å². The van der Waals surface area contributed by atoms with Crippen LogP contribution in [0.15, 0.2) is 35.2 Å². The Morgan fingerprint density at radius 3 is 2.38 bits per heavy atom. The summed E-state index contributed by atoms with van der Waals surface area (Å²) in [6.45, 7) is 1.34. The van der Waals surface area contributed by atoms with Gasteiger partial charge in [0.1, 0.15) is 17.5 Å². The Morgan fingerprint density at radius 1 is 1.10 bits per heavy atom. The SMILES string of the molecule is Cc1cc(S(=O)(=O)Nc2cc(F)ccc2F)cc(N)c1F. The lowest BCUT2D eigenvalue weighted by Crippen LogP contribution is -2.15. The maximum atomic E-state index is 13.5. The Labute approximate surface area is 119 Å². The molecule has 3 N–H and O–H groups in total. The number of anilines is 2. The van der Waals surface area contributed by atoms with Crippen molar-refractivity contribution in [2.24, 2.45) is 0 Å². The molecule has 2 rings (SSSR count). The molecule has 0 aliphatic rings. The number of hydrogen-bond donors (Lipinski definition) is 2. The smallest absolute Gasteiger partial charge is 0.262 e. The topological polar surface area (TPSA) is 72.2 Å². The van der Waals surface area contributed by atoms with E-state index in [1.165, 1.54) is 6.92 Å². The zero-order valence-electron chi connectivity index (χ0n) is 10.8. The number of sulfonamides is 1. The third-order valence-corrected chi connectivity index (χ3v) is 4.08. The Hall–Kier alpha value is -2.22. The molecule has 2 aromatic rings. The van der Waals surface area contributed by atoms with Crippen LogP contribution in [0.3, 0.4) is 0 Å². The van der Waals surface area contributed by atoms with Crippen LogP contribution in [-0.4, -0.2) is 8.42 Å². The van der Waals surface area contributed by atoms with E-state index in [0.29, 0.717) is 6.07 Å².